The lowest BCUT2D eigenvalue weighted by atomic mass is 9.79. The molecule has 2 aliphatic rings. The average molecular weight is 369 g/mol. The summed E-state index contributed by atoms with van der Waals surface area (Å²) in [5.41, 5.74) is 2.27. The maximum atomic E-state index is 13.8. The van der Waals surface area contributed by atoms with Gasteiger partial charge in [0, 0.05) is 50.6 Å². The smallest absolute Gasteiger partial charge is 0.123 e. The van der Waals surface area contributed by atoms with Gasteiger partial charge < -0.3 is 9.64 Å². The van der Waals surface area contributed by atoms with Crippen molar-refractivity contribution in [3.05, 3.63) is 65.7 Å². The van der Waals surface area contributed by atoms with Crippen molar-refractivity contribution >= 4 is 0 Å². The van der Waals surface area contributed by atoms with Crippen LogP contribution in [0.4, 0.5) is 4.39 Å². The molecule has 4 rings (SSSR count). The Kier molecular flexibility index (Phi) is 5.81. The largest absolute Gasteiger partial charge is 0.380 e. The van der Waals surface area contributed by atoms with Crippen LogP contribution in [0.2, 0.25) is 0 Å². The van der Waals surface area contributed by atoms with Gasteiger partial charge in [-0.25, -0.2) is 4.39 Å². The number of halogens is 1. The molecule has 1 aromatic heterocycles. The van der Waals surface area contributed by atoms with Crippen molar-refractivity contribution in [2.45, 2.75) is 24.8 Å². The molecule has 3 heterocycles. The lowest BCUT2D eigenvalue weighted by Gasteiger charge is -2.34. The summed E-state index contributed by atoms with van der Waals surface area (Å²) in [6.45, 7) is 7.63. The Morgan fingerprint density at radius 2 is 1.96 bits per heavy atom. The Hall–Kier alpha value is -1.82. The summed E-state index contributed by atoms with van der Waals surface area (Å²) in [4.78, 5) is 9.28. The summed E-state index contributed by atoms with van der Waals surface area (Å²) in [5, 5.41) is 0. The van der Waals surface area contributed by atoms with E-state index in [2.05, 4.69) is 26.9 Å². The monoisotopic (exact) mass is 369 g/mol. The minimum atomic E-state index is -0.155. The van der Waals surface area contributed by atoms with E-state index in [1.165, 1.54) is 11.6 Å². The van der Waals surface area contributed by atoms with E-state index in [9.17, 15) is 4.39 Å². The molecule has 0 spiro atoms. The first-order chi connectivity index (χ1) is 13.2. The highest BCUT2D eigenvalue weighted by atomic mass is 19.1. The summed E-state index contributed by atoms with van der Waals surface area (Å²) in [6.07, 6.45) is 5.90. The number of aromatic nitrogens is 1. The van der Waals surface area contributed by atoms with Crippen LogP contribution in [0, 0.1) is 5.82 Å². The first kappa shape index (κ1) is 18.5. The lowest BCUT2D eigenvalue weighted by Crippen LogP contribution is -2.43. The Morgan fingerprint density at radius 1 is 1.07 bits per heavy atom. The number of hydrogen-bond donors (Lipinski definition) is 0. The normalized spacial score (nSPS) is 24.8. The second-order valence-corrected chi connectivity index (χ2v) is 7.86. The maximum absolute atomic E-state index is 13.8. The summed E-state index contributed by atoms with van der Waals surface area (Å²) in [6, 6.07) is 11.2. The van der Waals surface area contributed by atoms with Crippen LogP contribution in [0.3, 0.4) is 0 Å². The minimum absolute atomic E-state index is 0.0827. The van der Waals surface area contributed by atoms with Crippen molar-refractivity contribution in [3.63, 3.8) is 0 Å². The first-order valence-corrected chi connectivity index (χ1v) is 9.91. The van der Waals surface area contributed by atoms with Gasteiger partial charge in [-0.15, -0.1) is 0 Å². The molecule has 5 heteroatoms. The summed E-state index contributed by atoms with van der Waals surface area (Å²) >= 11 is 0. The molecule has 27 heavy (non-hydrogen) atoms. The van der Waals surface area contributed by atoms with E-state index in [0.717, 1.165) is 64.3 Å². The van der Waals surface area contributed by atoms with Gasteiger partial charge in [0.1, 0.15) is 5.82 Å². The SMILES string of the molecule is Fc1cccc([C@@]2(CN3CCCN(Cc4cccnc4)CC3)CCOC2)c1. The van der Waals surface area contributed by atoms with Gasteiger partial charge in [0.2, 0.25) is 0 Å². The van der Waals surface area contributed by atoms with Gasteiger partial charge in [0.25, 0.3) is 0 Å². The number of rotatable bonds is 5. The molecule has 0 saturated carbocycles. The third kappa shape index (κ3) is 4.54. The van der Waals surface area contributed by atoms with Gasteiger partial charge >= 0.3 is 0 Å². The molecule has 0 N–H and O–H groups in total. The van der Waals surface area contributed by atoms with Gasteiger partial charge in [-0.3, -0.25) is 9.88 Å². The van der Waals surface area contributed by atoms with E-state index in [4.69, 9.17) is 4.74 Å². The fourth-order valence-electron chi connectivity index (χ4n) is 4.39. The van der Waals surface area contributed by atoms with Crippen LogP contribution in [0.5, 0.6) is 0 Å². The number of nitrogens with zero attached hydrogens (tertiary/aromatic N) is 3. The molecular weight excluding hydrogens is 341 g/mol. The standard InChI is InChI=1S/C22H28FN3O/c23-21-6-1-5-20(14-21)22(7-13-27-18-22)17-26-10-3-9-25(11-12-26)16-19-4-2-8-24-15-19/h1-2,4-6,8,14-15H,3,7,9-13,16-18H2/t22-/m1/s1. The van der Waals surface area contributed by atoms with Crippen molar-refractivity contribution in [2.75, 3.05) is 45.9 Å². The molecular formula is C22H28FN3O. The van der Waals surface area contributed by atoms with Crippen LogP contribution in [-0.4, -0.2) is 60.7 Å². The Labute approximate surface area is 161 Å². The van der Waals surface area contributed by atoms with Crippen molar-refractivity contribution < 1.29 is 9.13 Å². The van der Waals surface area contributed by atoms with Crippen molar-refractivity contribution in [3.8, 4) is 0 Å². The Morgan fingerprint density at radius 3 is 2.74 bits per heavy atom. The molecule has 2 aliphatic heterocycles. The molecule has 1 aromatic carbocycles. The molecule has 0 amide bonds. The first-order valence-electron chi connectivity index (χ1n) is 9.91. The van der Waals surface area contributed by atoms with E-state index in [0.29, 0.717) is 6.61 Å². The highest BCUT2D eigenvalue weighted by molar-refractivity contribution is 5.28. The molecule has 2 fully saturated rings. The lowest BCUT2D eigenvalue weighted by molar-refractivity contribution is 0.150. The second-order valence-electron chi connectivity index (χ2n) is 7.86. The Balaban J connectivity index is 1.41. The summed E-state index contributed by atoms with van der Waals surface area (Å²) in [7, 11) is 0. The number of ether oxygens (including phenoxy) is 1. The fourth-order valence-corrected chi connectivity index (χ4v) is 4.39. The molecule has 1 atom stereocenters. The number of hydrogen-bond acceptors (Lipinski definition) is 4. The number of benzene rings is 1. The van der Waals surface area contributed by atoms with E-state index in [1.54, 1.807) is 6.07 Å². The van der Waals surface area contributed by atoms with Crippen LogP contribution >= 0.6 is 0 Å². The van der Waals surface area contributed by atoms with Gasteiger partial charge in [-0.1, -0.05) is 18.2 Å². The van der Waals surface area contributed by atoms with Crippen LogP contribution in [-0.2, 0) is 16.7 Å². The van der Waals surface area contributed by atoms with E-state index < -0.39 is 0 Å². The Bertz CT molecular complexity index is 733. The summed E-state index contributed by atoms with van der Waals surface area (Å²) < 4.78 is 19.6. The second kappa shape index (κ2) is 8.46. The fraction of sp³-hybridized carbons (Fsp3) is 0.500. The van der Waals surface area contributed by atoms with Gasteiger partial charge in [0.15, 0.2) is 0 Å². The van der Waals surface area contributed by atoms with Crippen LogP contribution in [0.1, 0.15) is 24.0 Å². The van der Waals surface area contributed by atoms with Crippen molar-refractivity contribution in [2.24, 2.45) is 0 Å². The molecule has 144 valence electrons. The van der Waals surface area contributed by atoms with E-state index >= 15 is 0 Å². The minimum Gasteiger partial charge on any atom is -0.380 e. The summed E-state index contributed by atoms with van der Waals surface area (Å²) in [5.74, 6) is -0.155. The van der Waals surface area contributed by atoms with Crippen molar-refractivity contribution in [1.82, 2.24) is 14.8 Å². The van der Waals surface area contributed by atoms with Crippen LogP contribution in [0.15, 0.2) is 48.8 Å². The predicted octanol–water partition coefficient (Wildman–Crippen LogP) is 3.09. The molecule has 4 nitrogen and oxygen atoms in total. The number of pyridine rings is 1. The molecule has 0 unspecified atom stereocenters. The highest BCUT2D eigenvalue weighted by Crippen LogP contribution is 2.34. The van der Waals surface area contributed by atoms with E-state index in [-0.39, 0.29) is 11.2 Å². The molecule has 2 aromatic rings. The molecule has 0 radical (unpaired) electrons. The van der Waals surface area contributed by atoms with Gasteiger partial charge in [-0.05, 0) is 55.3 Å². The highest BCUT2D eigenvalue weighted by Gasteiger charge is 2.38. The third-order valence-corrected chi connectivity index (χ3v) is 5.88. The predicted molar refractivity (Wildman–Crippen MR) is 104 cm³/mol. The topological polar surface area (TPSA) is 28.6 Å². The molecule has 0 bridgehead atoms. The maximum Gasteiger partial charge on any atom is 0.123 e. The van der Waals surface area contributed by atoms with Crippen LogP contribution in [0.25, 0.3) is 0 Å². The van der Waals surface area contributed by atoms with Crippen molar-refractivity contribution in [1.29, 1.82) is 0 Å². The zero-order valence-electron chi connectivity index (χ0n) is 15.8. The molecule has 0 aliphatic carbocycles. The van der Waals surface area contributed by atoms with Gasteiger partial charge in [-0.2, -0.15) is 0 Å². The third-order valence-electron chi connectivity index (χ3n) is 5.88. The van der Waals surface area contributed by atoms with Crippen LogP contribution < -0.4 is 0 Å². The zero-order chi connectivity index (χ0) is 18.5. The average Bonchev–Trinajstić information content (AvgIpc) is 3.06. The quantitative estimate of drug-likeness (QED) is 0.810. The van der Waals surface area contributed by atoms with Gasteiger partial charge in [0.05, 0.1) is 6.61 Å². The molecule has 2 saturated heterocycles. The zero-order valence-corrected chi connectivity index (χ0v) is 15.8. The van der Waals surface area contributed by atoms with E-state index in [1.807, 2.05) is 24.5 Å².